The molecule has 22 heavy (non-hydrogen) atoms. The monoisotopic (exact) mass is 312 g/mol. The first-order chi connectivity index (χ1) is 10.2. The molecule has 0 radical (unpaired) electrons. The highest BCUT2D eigenvalue weighted by Crippen LogP contribution is 2.38. The van der Waals surface area contributed by atoms with Crippen molar-refractivity contribution in [3.05, 3.63) is 27.8 Å². The Balaban J connectivity index is 3.36. The fourth-order valence-corrected chi connectivity index (χ4v) is 1.75. The summed E-state index contributed by atoms with van der Waals surface area (Å²) in [5, 5.41) is 20.0. The summed E-state index contributed by atoms with van der Waals surface area (Å²) in [4.78, 5) is 34.5. The number of amides is 1. The molecule has 0 aromatic heterocycles. The summed E-state index contributed by atoms with van der Waals surface area (Å²) < 4.78 is 9.91. The molecule has 0 bridgehead atoms. The molecule has 1 aromatic rings. The quantitative estimate of drug-likeness (QED) is 0.618. The molecule has 1 aromatic carbocycles. The minimum absolute atomic E-state index is 0.0106. The number of nitro benzene ring substituents is 1. The van der Waals surface area contributed by atoms with E-state index < -0.39 is 28.5 Å². The highest BCUT2D eigenvalue weighted by atomic mass is 16.6. The van der Waals surface area contributed by atoms with Gasteiger partial charge >= 0.3 is 11.7 Å². The van der Waals surface area contributed by atoms with E-state index in [9.17, 15) is 19.7 Å². The minimum Gasteiger partial charge on any atom is -0.493 e. The van der Waals surface area contributed by atoms with Crippen LogP contribution in [0.2, 0.25) is 0 Å². The van der Waals surface area contributed by atoms with Crippen LogP contribution >= 0.6 is 0 Å². The zero-order valence-electron chi connectivity index (χ0n) is 12.5. The molecule has 9 heteroatoms. The summed E-state index contributed by atoms with van der Waals surface area (Å²) in [6.45, 7) is 1.33. The van der Waals surface area contributed by atoms with E-state index in [-0.39, 0.29) is 17.1 Å². The minimum atomic E-state index is -1.19. The topological polar surface area (TPSA) is 119 Å². The maximum absolute atomic E-state index is 12.3. The Hall–Kier alpha value is -2.84. The summed E-state index contributed by atoms with van der Waals surface area (Å²) in [7, 11) is 3.81. The van der Waals surface area contributed by atoms with Gasteiger partial charge < -0.3 is 19.5 Å². The zero-order chi connectivity index (χ0) is 17.0. The van der Waals surface area contributed by atoms with Gasteiger partial charge in [-0.05, 0) is 13.0 Å². The number of likely N-dealkylation sites (N-methyl/N-ethyl adjacent to an activating group) is 1. The second kappa shape index (κ2) is 6.74. The second-order valence-corrected chi connectivity index (χ2v) is 4.42. The van der Waals surface area contributed by atoms with E-state index in [0.29, 0.717) is 0 Å². The number of ether oxygens (including phenoxy) is 2. The molecule has 1 unspecified atom stereocenters. The highest BCUT2D eigenvalue weighted by molar-refractivity contribution is 5.97. The molecule has 120 valence electrons. The third-order valence-electron chi connectivity index (χ3n) is 3.16. The Bertz CT molecular complexity index is 615. The third kappa shape index (κ3) is 3.25. The van der Waals surface area contributed by atoms with Crippen molar-refractivity contribution in [2.24, 2.45) is 0 Å². The number of rotatable bonds is 6. The predicted octanol–water partition coefficient (Wildman–Crippen LogP) is 1.16. The standard InChI is InChI=1S/C13H16N2O7/c1-7(13(17)18)14(2)12(16)8-5-9(15(19)20)11(22-4)10(6-8)21-3/h5-7H,1-4H3,(H,17,18). The number of benzene rings is 1. The number of aliphatic carboxylic acids is 1. The number of hydrogen-bond acceptors (Lipinski definition) is 6. The van der Waals surface area contributed by atoms with Crippen LogP contribution in [-0.2, 0) is 4.79 Å². The normalized spacial score (nSPS) is 11.5. The maximum atomic E-state index is 12.3. The van der Waals surface area contributed by atoms with Crippen LogP contribution in [0.3, 0.4) is 0 Å². The summed E-state index contributed by atoms with van der Waals surface area (Å²) in [5.41, 5.74) is -0.512. The molecule has 0 heterocycles. The molecular weight excluding hydrogens is 296 g/mol. The van der Waals surface area contributed by atoms with Crippen molar-refractivity contribution < 1.29 is 29.1 Å². The van der Waals surface area contributed by atoms with Gasteiger partial charge in [0, 0.05) is 13.1 Å². The molecule has 0 aliphatic heterocycles. The van der Waals surface area contributed by atoms with Gasteiger partial charge in [0.25, 0.3) is 5.91 Å². The van der Waals surface area contributed by atoms with Crippen LogP contribution in [0.15, 0.2) is 12.1 Å². The molecule has 0 fully saturated rings. The van der Waals surface area contributed by atoms with Gasteiger partial charge in [-0.2, -0.15) is 0 Å². The van der Waals surface area contributed by atoms with E-state index in [0.717, 1.165) is 11.0 Å². The molecule has 0 saturated heterocycles. The van der Waals surface area contributed by atoms with Gasteiger partial charge in [-0.3, -0.25) is 14.9 Å². The van der Waals surface area contributed by atoms with Gasteiger partial charge in [0.15, 0.2) is 5.75 Å². The first-order valence-corrected chi connectivity index (χ1v) is 6.15. The van der Waals surface area contributed by atoms with Gasteiger partial charge in [0.2, 0.25) is 5.75 Å². The molecule has 0 aliphatic carbocycles. The molecule has 1 amide bonds. The van der Waals surface area contributed by atoms with Crippen molar-refractivity contribution in [2.45, 2.75) is 13.0 Å². The van der Waals surface area contributed by atoms with E-state index in [1.54, 1.807) is 0 Å². The summed E-state index contributed by atoms with van der Waals surface area (Å²) in [5.74, 6) is -1.97. The summed E-state index contributed by atoms with van der Waals surface area (Å²) >= 11 is 0. The van der Waals surface area contributed by atoms with Crippen LogP contribution in [-0.4, -0.2) is 54.1 Å². The number of hydrogen-bond donors (Lipinski definition) is 1. The van der Waals surface area contributed by atoms with E-state index >= 15 is 0 Å². The number of carbonyl (C=O) groups excluding carboxylic acids is 1. The van der Waals surface area contributed by atoms with Crippen LogP contribution in [0, 0.1) is 10.1 Å². The lowest BCUT2D eigenvalue weighted by Crippen LogP contribution is -2.40. The first kappa shape index (κ1) is 17.2. The van der Waals surface area contributed by atoms with Crippen LogP contribution in [0.5, 0.6) is 11.5 Å². The van der Waals surface area contributed by atoms with E-state index in [4.69, 9.17) is 14.6 Å². The molecule has 9 nitrogen and oxygen atoms in total. The van der Waals surface area contributed by atoms with Crippen molar-refractivity contribution in [1.82, 2.24) is 4.90 Å². The Morgan fingerprint density at radius 1 is 1.32 bits per heavy atom. The maximum Gasteiger partial charge on any atom is 0.326 e. The number of methoxy groups -OCH3 is 2. The second-order valence-electron chi connectivity index (χ2n) is 4.42. The van der Waals surface area contributed by atoms with Crippen LogP contribution in [0.25, 0.3) is 0 Å². The predicted molar refractivity (Wildman–Crippen MR) is 75.4 cm³/mol. The first-order valence-electron chi connectivity index (χ1n) is 6.15. The van der Waals surface area contributed by atoms with Crippen molar-refractivity contribution >= 4 is 17.6 Å². The SMILES string of the molecule is COc1cc(C(=O)N(C)C(C)C(=O)O)cc([N+](=O)[O-])c1OC. The smallest absolute Gasteiger partial charge is 0.326 e. The van der Waals surface area contributed by atoms with Crippen LogP contribution in [0.1, 0.15) is 17.3 Å². The molecule has 1 atom stereocenters. The number of carboxylic acid groups (broad SMARTS) is 1. The van der Waals surface area contributed by atoms with Gasteiger partial charge in [-0.1, -0.05) is 0 Å². The van der Waals surface area contributed by atoms with Crippen molar-refractivity contribution in [3.63, 3.8) is 0 Å². The van der Waals surface area contributed by atoms with E-state index in [2.05, 4.69) is 0 Å². The van der Waals surface area contributed by atoms with Crippen LogP contribution in [0.4, 0.5) is 5.69 Å². The number of nitrogens with zero attached hydrogens (tertiary/aromatic N) is 2. The average Bonchev–Trinajstić information content (AvgIpc) is 2.50. The molecule has 0 spiro atoms. The van der Waals surface area contributed by atoms with E-state index in [1.165, 1.54) is 34.3 Å². The van der Waals surface area contributed by atoms with Gasteiger partial charge in [0.1, 0.15) is 6.04 Å². The van der Waals surface area contributed by atoms with Gasteiger partial charge in [-0.15, -0.1) is 0 Å². The molecular formula is C13H16N2O7. The number of carboxylic acids is 1. The average molecular weight is 312 g/mol. The van der Waals surface area contributed by atoms with E-state index in [1.807, 2.05) is 0 Å². The lowest BCUT2D eigenvalue weighted by molar-refractivity contribution is -0.385. The number of nitro groups is 1. The number of carbonyl (C=O) groups is 2. The zero-order valence-corrected chi connectivity index (χ0v) is 12.5. The van der Waals surface area contributed by atoms with Crippen molar-refractivity contribution in [2.75, 3.05) is 21.3 Å². The lowest BCUT2D eigenvalue weighted by Gasteiger charge is -2.21. The molecule has 0 aliphatic rings. The Morgan fingerprint density at radius 2 is 1.91 bits per heavy atom. The highest BCUT2D eigenvalue weighted by Gasteiger charge is 2.28. The van der Waals surface area contributed by atoms with Gasteiger partial charge in [-0.25, -0.2) is 4.79 Å². The molecule has 1 rings (SSSR count). The molecule has 1 N–H and O–H groups in total. The third-order valence-corrected chi connectivity index (χ3v) is 3.16. The molecule has 0 saturated carbocycles. The Morgan fingerprint density at radius 3 is 2.32 bits per heavy atom. The fraction of sp³-hybridized carbons (Fsp3) is 0.385. The Kier molecular flexibility index (Phi) is 5.28. The summed E-state index contributed by atoms with van der Waals surface area (Å²) in [6, 6.07) is 1.20. The van der Waals surface area contributed by atoms with Crippen LogP contribution < -0.4 is 9.47 Å². The fourth-order valence-electron chi connectivity index (χ4n) is 1.75. The summed E-state index contributed by atoms with van der Waals surface area (Å²) in [6.07, 6.45) is 0. The Labute approximate surface area is 126 Å². The van der Waals surface area contributed by atoms with Crippen molar-refractivity contribution in [3.8, 4) is 11.5 Å². The van der Waals surface area contributed by atoms with Gasteiger partial charge in [0.05, 0.1) is 24.7 Å². The lowest BCUT2D eigenvalue weighted by atomic mass is 10.1. The largest absolute Gasteiger partial charge is 0.493 e. The van der Waals surface area contributed by atoms with Crippen molar-refractivity contribution in [1.29, 1.82) is 0 Å².